The summed E-state index contributed by atoms with van der Waals surface area (Å²) in [6.45, 7) is 2.64. The highest BCUT2D eigenvalue weighted by Crippen LogP contribution is 2.30. The van der Waals surface area contributed by atoms with Gasteiger partial charge in [-0.25, -0.2) is 8.42 Å². The van der Waals surface area contributed by atoms with Crippen molar-refractivity contribution in [2.75, 3.05) is 26.7 Å². The first-order valence-electron chi connectivity index (χ1n) is 9.17. The number of guanidine groups is 1. The fourth-order valence-electron chi connectivity index (χ4n) is 3.53. The second kappa shape index (κ2) is 8.77. The van der Waals surface area contributed by atoms with Gasteiger partial charge in [-0.05, 0) is 50.4 Å². The Morgan fingerprint density at radius 3 is 2.19 bits per heavy atom. The number of rotatable bonds is 4. The van der Waals surface area contributed by atoms with E-state index in [0.717, 1.165) is 18.8 Å². The van der Waals surface area contributed by atoms with Gasteiger partial charge in [0.1, 0.15) is 0 Å². The summed E-state index contributed by atoms with van der Waals surface area (Å²) in [6, 6.07) is 0.399. The summed E-state index contributed by atoms with van der Waals surface area (Å²) in [7, 11) is -3.51. The van der Waals surface area contributed by atoms with Crippen LogP contribution in [-0.4, -0.2) is 56.9 Å². The Balaban J connectivity index is 1.75. The minimum atomic E-state index is -5.22. The molecule has 2 aliphatic rings. The third-order valence-corrected chi connectivity index (χ3v) is 6.97. The highest BCUT2D eigenvalue weighted by atomic mass is 32.2. The predicted octanol–water partition coefficient (Wildman–Crippen LogP) is 2.29. The van der Waals surface area contributed by atoms with Crippen molar-refractivity contribution >= 4 is 16.0 Å². The zero-order valence-corrected chi connectivity index (χ0v) is 16.2. The van der Waals surface area contributed by atoms with Crippen LogP contribution in [0.3, 0.4) is 0 Å². The van der Waals surface area contributed by atoms with Gasteiger partial charge >= 0.3 is 15.5 Å². The summed E-state index contributed by atoms with van der Waals surface area (Å²) in [5, 5.41) is 6.63. The molecule has 2 fully saturated rings. The van der Waals surface area contributed by atoms with Crippen molar-refractivity contribution in [1.29, 1.82) is 0 Å². The quantitative estimate of drug-likeness (QED) is 0.563. The molecule has 0 radical (unpaired) electrons. The van der Waals surface area contributed by atoms with E-state index in [-0.39, 0.29) is 19.0 Å². The van der Waals surface area contributed by atoms with Gasteiger partial charge < -0.3 is 10.6 Å². The lowest BCUT2D eigenvalue weighted by Crippen LogP contribution is -2.48. The smallest absolute Gasteiger partial charge is 0.356 e. The van der Waals surface area contributed by atoms with E-state index in [2.05, 4.69) is 22.5 Å². The SMILES string of the molecule is CN=C(NCC1CCN(S(=O)(=O)C(F)(F)F)CC1)NC1CCC(C)CC1. The zero-order valence-electron chi connectivity index (χ0n) is 15.3. The normalized spacial score (nSPS) is 27.3. The first-order chi connectivity index (χ1) is 12.1. The average Bonchev–Trinajstić information content (AvgIpc) is 2.59. The standard InChI is InChI=1S/C16H29F3N4O2S/c1-12-3-5-14(6-4-12)22-15(20-2)21-11-13-7-9-23(10-8-13)26(24,25)16(17,18)19/h12-14H,3-11H2,1-2H3,(H2,20,21,22). The summed E-state index contributed by atoms with van der Waals surface area (Å²) in [4.78, 5) is 4.21. The Hall–Kier alpha value is -1.03. The van der Waals surface area contributed by atoms with E-state index in [0.29, 0.717) is 35.7 Å². The Morgan fingerprint density at radius 1 is 1.12 bits per heavy atom. The molecule has 0 bridgehead atoms. The molecule has 0 atom stereocenters. The molecule has 2 rings (SSSR count). The second-order valence-electron chi connectivity index (χ2n) is 7.35. The number of hydrogen-bond acceptors (Lipinski definition) is 3. The van der Waals surface area contributed by atoms with Crippen molar-refractivity contribution < 1.29 is 21.6 Å². The summed E-state index contributed by atoms with van der Waals surface area (Å²) in [5.74, 6) is 1.59. The minimum Gasteiger partial charge on any atom is -0.356 e. The van der Waals surface area contributed by atoms with Crippen LogP contribution in [0.15, 0.2) is 4.99 Å². The van der Waals surface area contributed by atoms with Gasteiger partial charge in [0.25, 0.3) is 0 Å². The molecule has 10 heteroatoms. The third kappa shape index (κ3) is 5.48. The first-order valence-corrected chi connectivity index (χ1v) is 10.6. The van der Waals surface area contributed by atoms with E-state index >= 15 is 0 Å². The van der Waals surface area contributed by atoms with Crippen molar-refractivity contribution in [3.05, 3.63) is 0 Å². The largest absolute Gasteiger partial charge is 0.511 e. The van der Waals surface area contributed by atoms with E-state index in [4.69, 9.17) is 0 Å². The van der Waals surface area contributed by atoms with Crippen LogP contribution >= 0.6 is 0 Å². The summed E-state index contributed by atoms with van der Waals surface area (Å²) >= 11 is 0. The van der Waals surface area contributed by atoms with E-state index in [1.54, 1.807) is 7.05 Å². The molecule has 1 saturated carbocycles. The van der Waals surface area contributed by atoms with E-state index in [9.17, 15) is 21.6 Å². The van der Waals surface area contributed by atoms with Gasteiger partial charge in [-0.2, -0.15) is 17.5 Å². The van der Waals surface area contributed by atoms with Gasteiger partial charge in [0, 0.05) is 32.7 Å². The first kappa shape index (κ1) is 21.3. The number of alkyl halides is 3. The van der Waals surface area contributed by atoms with Crippen LogP contribution in [-0.2, 0) is 10.0 Å². The molecular formula is C16H29F3N4O2S. The number of hydrogen-bond donors (Lipinski definition) is 2. The van der Waals surface area contributed by atoms with Gasteiger partial charge in [0.2, 0.25) is 0 Å². The minimum absolute atomic E-state index is 0.0965. The molecule has 152 valence electrons. The molecule has 0 spiro atoms. The van der Waals surface area contributed by atoms with Crippen LogP contribution in [0.4, 0.5) is 13.2 Å². The van der Waals surface area contributed by atoms with Crippen molar-refractivity contribution in [3.8, 4) is 0 Å². The number of halogens is 3. The van der Waals surface area contributed by atoms with Crippen LogP contribution in [0.1, 0.15) is 45.4 Å². The summed E-state index contributed by atoms with van der Waals surface area (Å²) in [6.07, 6.45) is 5.41. The van der Waals surface area contributed by atoms with Crippen molar-refractivity contribution in [1.82, 2.24) is 14.9 Å². The molecule has 1 heterocycles. The molecule has 0 aromatic carbocycles. The Bertz CT molecular complexity index is 579. The molecule has 2 N–H and O–H groups in total. The van der Waals surface area contributed by atoms with Crippen LogP contribution in [0, 0.1) is 11.8 Å². The van der Waals surface area contributed by atoms with Crippen LogP contribution < -0.4 is 10.6 Å². The molecular weight excluding hydrogens is 369 g/mol. The number of nitrogens with one attached hydrogen (secondary N) is 2. The van der Waals surface area contributed by atoms with Gasteiger partial charge in [-0.1, -0.05) is 6.92 Å². The topological polar surface area (TPSA) is 73.8 Å². The number of aliphatic imine (C=N–C) groups is 1. The molecule has 0 aromatic rings. The lowest BCUT2D eigenvalue weighted by Gasteiger charge is -2.32. The van der Waals surface area contributed by atoms with Crippen LogP contribution in [0.2, 0.25) is 0 Å². The molecule has 26 heavy (non-hydrogen) atoms. The van der Waals surface area contributed by atoms with Crippen LogP contribution in [0.25, 0.3) is 0 Å². The number of nitrogens with zero attached hydrogens (tertiary/aromatic N) is 2. The molecule has 0 amide bonds. The van der Waals surface area contributed by atoms with E-state index in [1.807, 2.05) is 0 Å². The third-order valence-electron chi connectivity index (χ3n) is 5.34. The Morgan fingerprint density at radius 2 is 1.69 bits per heavy atom. The Labute approximate surface area is 153 Å². The molecule has 1 aliphatic carbocycles. The summed E-state index contributed by atoms with van der Waals surface area (Å²) < 4.78 is 61.2. The number of piperidine rings is 1. The predicted molar refractivity (Wildman–Crippen MR) is 95.2 cm³/mol. The highest BCUT2D eigenvalue weighted by Gasteiger charge is 2.50. The average molecular weight is 398 g/mol. The fourth-order valence-corrected chi connectivity index (χ4v) is 4.52. The number of sulfonamides is 1. The summed E-state index contributed by atoms with van der Waals surface area (Å²) in [5.41, 5.74) is -5.22. The van der Waals surface area contributed by atoms with Crippen LogP contribution in [0.5, 0.6) is 0 Å². The maximum absolute atomic E-state index is 12.6. The van der Waals surface area contributed by atoms with E-state index < -0.39 is 15.5 Å². The van der Waals surface area contributed by atoms with E-state index in [1.165, 1.54) is 12.8 Å². The van der Waals surface area contributed by atoms with Crippen molar-refractivity contribution in [2.24, 2.45) is 16.8 Å². The van der Waals surface area contributed by atoms with Gasteiger partial charge in [0.15, 0.2) is 5.96 Å². The second-order valence-corrected chi connectivity index (χ2v) is 9.28. The maximum atomic E-state index is 12.6. The Kier molecular flexibility index (Phi) is 7.18. The lowest BCUT2D eigenvalue weighted by atomic mass is 9.87. The van der Waals surface area contributed by atoms with Gasteiger partial charge in [0.05, 0.1) is 0 Å². The zero-order chi connectivity index (χ0) is 19.4. The molecule has 6 nitrogen and oxygen atoms in total. The maximum Gasteiger partial charge on any atom is 0.511 e. The molecule has 1 aliphatic heterocycles. The lowest BCUT2D eigenvalue weighted by molar-refractivity contribution is -0.0496. The molecule has 0 unspecified atom stereocenters. The fraction of sp³-hybridized carbons (Fsp3) is 0.938. The monoisotopic (exact) mass is 398 g/mol. The molecule has 0 aromatic heterocycles. The van der Waals surface area contributed by atoms with Gasteiger partial charge in [-0.3, -0.25) is 4.99 Å². The van der Waals surface area contributed by atoms with Crippen molar-refractivity contribution in [3.63, 3.8) is 0 Å². The van der Waals surface area contributed by atoms with Gasteiger partial charge in [-0.15, -0.1) is 0 Å². The molecule has 1 saturated heterocycles. The highest BCUT2D eigenvalue weighted by molar-refractivity contribution is 7.90. The van der Waals surface area contributed by atoms with Crippen molar-refractivity contribution in [2.45, 2.75) is 57.0 Å².